The Morgan fingerprint density at radius 2 is 1.73 bits per heavy atom. The molecule has 4 unspecified atom stereocenters. The number of amides is 1. The predicted molar refractivity (Wildman–Crippen MR) is 174 cm³/mol. The van der Waals surface area contributed by atoms with Gasteiger partial charge in [0, 0.05) is 55.6 Å². The maximum atomic E-state index is 12.5. The van der Waals surface area contributed by atoms with E-state index in [-0.39, 0.29) is 30.6 Å². The van der Waals surface area contributed by atoms with E-state index < -0.39 is 6.29 Å². The summed E-state index contributed by atoms with van der Waals surface area (Å²) in [5, 5.41) is 13.5. The number of ether oxygens (including phenoxy) is 2. The fourth-order valence-corrected chi connectivity index (χ4v) is 6.53. The number of aliphatic hydroxyl groups excluding tert-OH is 1. The topological polar surface area (TPSA) is 98.5 Å². The van der Waals surface area contributed by atoms with Crippen molar-refractivity contribution in [3.05, 3.63) is 138 Å². The molecule has 2 aromatic heterocycles. The van der Waals surface area contributed by atoms with Crippen molar-refractivity contribution in [1.82, 2.24) is 19.9 Å². The second-order valence-electron chi connectivity index (χ2n) is 11.2. The molecule has 1 amide bonds. The fraction of sp³-hybridized carbons (Fsp3) is 0.250. The second-order valence-corrected chi connectivity index (χ2v) is 12.2. The largest absolute Gasteiger partial charge is 0.392 e. The molecular formula is C36H36N4O4S. The lowest BCUT2D eigenvalue weighted by atomic mass is 9.91. The molecule has 0 radical (unpaired) electrons. The first-order valence-electron chi connectivity index (χ1n) is 15.0. The van der Waals surface area contributed by atoms with Gasteiger partial charge in [-0.2, -0.15) is 0 Å². The van der Waals surface area contributed by atoms with Crippen molar-refractivity contribution >= 4 is 17.7 Å². The number of nitrogens with zero attached hydrogens (tertiary/aromatic N) is 3. The summed E-state index contributed by atoms with van der Waals surface area (Å²) >= 11 is 1.68. The van der Waals surface area contributed by atoms with Gasteiger partial charge in [-0.25, -0.2) is 4.98 Å². The molecule has 6 rings (SSSR count). The minimum atomic E-state index is -0.543. The van der Waals surface area contributed by atoms with Crippen molar-refractivity contribution in [2.45, 2.75) is 43.7 Å². The molecule has 1 saturated heterocycles. The Balaban J connectivity index is 1.18. The van der Waals surface area contributed by atoms with Crippen molar-refractivity contribution in [1.29, 1.82) is 0 Å². The van der Waals surface area contributed by atoms with Gasteiger partial charge >= 0.3 is 0 Å². The number of aryl methyl sites for hydroxylation is 1. The summed E-state index contributed by atoms with van der Waals surface area (Å²) in [6.07, 6.45) is 6.16. The molecule has 1 fully saturated rings. The zero-order chi connectivity index (χ0) is 31.2. The number of hydrogen-bond donors (Lipinski definition) is 2. The number of benzene rings is 3. The van der Waals surface area contributed by atoms with E-state index in [1.165, 1.54) is 0 Å². The fourth-order valence-electron chi connectivity index (χ4n) is 5.43. The molecule has 3 aromatic carbocycles. The Morgan fingerprint density at radius 3 is 2.44 bits per heavy atom. The average Bonchev–Trinajstić information content (AvgIpc) is 3.51. The molecule has 8 nitrogen and oxygen atoms in total. The van der Waals surface area contributed by atoms with Crippen molar-refractivity contribution in [2.24, 2.45) is 13.0 Å². The molecule has 0 bridgehead atoms. The lowest BCUT2D eigenvalue weighted by Crippen LogP contribution is -2.38. The summed E-state index contributed by atoms with van der Waals surface area (Å²) < 4.78 is 15.3. The Labute approximate surface area is 267 Å². The molecule has 3 heterocycles. The quantitative estimate of drug-likeness (QED) is 0.172. The molecule has 1 aliphatic heterocycles. The van der Waals surface area contributed by atoms with Crippen LogP contribution in [0.5, 0.6) is 0 Å². The minimum absolute atomic E-state index is 0.00528. The third-order valence-electron chi connectivity index (χ3n) is 8.10. The van der Waals surface area contributed by atoms with Crippen LogP contribution in [0.1, 0.15) is 51.9 Å². The molecule has 230 valence electrons. The lowest BCUT2D eigenvalue weighted by molar-refractivity contribution is -0.268. The number of aromatic nitrogens is 3. The average molecular weight is 621 g/mol. The van der Waals surface area contributed by atoms with Crippen LogP contribution in [0.4, 0.5) is 0 Å². The Morgan fingerprint density at radius 1 is 0.933 bits per heavy atom. The van der Waals surface area contributed by atoms with Gasteiger partial charge in [0.15, 0.2) is 11.4 Å². The van der Waals surface area contributed by atoms with E-state index in [0.29, 0.717) is 12.1 Å². The van der Waals surface area contributed by atoms with Gasteiger partial charge in [-0.1, -0.05) is 85.4 Å². The summed E-state index contributed by atoms with van der Waals surface area (Å²) in [7, 11) is 1.99. The standard InChI is InChI=1S/C36H36N4O4S/c1-24-32(23-45-36-38-17-18-40(36)2)43-35(44-33(24)28-10-8-25(22-41)9-11-28)29-14-12-27(13-15-29)30-6-3-5-26(19-30)20-39-34(42)31-7-4-16-37-21-31/h3-19,21,24,32-33,35,41H,20,22-23H2,1-2H3,(H,39,42). The monoisotopic (exact) mass is 620 g/mol. The predicted octanol–water partition coefficient (Wildman–Crippen LogP) is 6.49. The highest BCUT2D eigenvalue weighted by Gasteiger charge is 2.38. The number of hydrogen-bond acceptors (Lipinski definition) is 7. The highest BCUT2D eigenvalue weighted by atomic mass is 32.2. The number of carbonyl (C=O) groups excluding carboxylic acids is 1. The Hall–Kier alpha value is -4.28. The number of imidazole rings is 1. The van der Waals surface area contributed by atoms with Crippen LogP contribution in [0.25, 0.3) is 11.1 Å². The summed E-state index contributed by atoms with van der Waals surface area (Å²) in [5.41, 5.74) is 6.52. The van der Waals surface area contributed by atoms with Crippen LogP contribution in [0.15, 0.2) is 115 Å². The maximum absolute atomic E-state index is 12.5. The molecule has 45 heavy (non-hydrogen) atoms. The van der Waals surface area contributed by atoms with Crippen LogP contribution >= 0.6 is 11.8 Å². The molecule has 4 atom stereocenters. The van der Waals surface area contributed by atoms with E-state index in [2.05, 4.69) is 58.6 Å². The molecule has 0 spiro atoms. The van der Waals surface area contributed by atoms with E-state index in [1.54, 1.807) is 42.5 Å². The second kappa shape index (κ2) is 14.2. The molecule has 0 aliphatic carbocycles. The summed E-state index contributed by atoms with van der Waals surface area (Å²) in [6.45, 7) is 2.59. The Kier molecular flexibility index (Phi) is 9.71. The van der Waals surface area contributed by atoms with Crippen LogP contribution in [-0.4, -0.2) is 37.4 Å². The number of aliphatic hydroxyl groups is 1. The van der Waals surface area contributed by atoms with Gasteiger partial charge in [0.1, 0.15) is 0 Å². The van der Waals surface area contributed by atoms with Gasteiger partial charge in [-0.15, -0.1) is 0 Å². The van der Waals surface area contributed by atoms with Gasteiger partial charge in [-0.3, -0.25) is 9.78 Å². The van der Waals surface area contributed by atoms with E-state index in [1.807, 2.05) is 54.2 Å². The minimum Gasteiger partial charge on any atom is -0.392 e. The summed E-state index contributed by atoms with van der Waals surface area (Å²) in [5.74, 6) is 0.674. The number of pyridine rings is 1. The molecule has 9 heteroatoms. The maximum Gasteiger partial charge on any atom is 0.253 e. The third-order valence-corrected chi connectivity index (χ3v) is 9.24. The van der Waals surface area contributed by atoms with Crippen molar-refractivity contribution in [2.75, 3.05) is 5.75 Å². The van der Waals surface area contributed by atoms with Crippen LogP contribution in [0, 0.1) is 5.92 Å². The van der Waals surface area contributed by atoms with Crippen molar-refractivity contribution < 1.29 is 19.4 Å². The zero-order valence-electron chi connectivity index (χ0n) is 25.2. The third kappa shape index (κ3) is 7.34. The van der Waals surface area contributed by atoms with Crippen LogP contribution in [0.3, 0.4) is 0 Å². The van der Waals surface area contributed by atoms with Gasteiger partial charge in [-0.05, 0) is 46.0 Å². The van der Waals surface area contributed by atoms with Gasteiger partial charge < -0.3 is 24.5 Å². The summed E-state index contributed by atoms with van der Waals surface area (Å²) in [6, 6.07) is 27.9. The molecule has 0 saturated carbocycles. The van der Waals surface area contributed by atoms with Crippen LogP contribution < -0.4 is 5.32 Å². The smallest absolute Gasteiger partial charge is 0.253 e. The molecular weight excluding hydrogens is 584 g/mol. The Bertz CT molecular complexity index is 1710. The SMILES string of the molecule is CC1C(CSc2nccn2C)OC(c2ccc(-c3cccc(CNC(=O)c4cccnc4)c3)cc2)OC1c1ccc(CO)cc1. The normalized spacial score (nSPS) is 19.7. The lowest BCUT2D eigenvalue weighted by Gasteiger charge is -2.41. The van der Waals surface area contributed by atoms with Gasteiger partial charge in [0.25, 0.3) is 5.91 Å². The first-order valence-corrected chi connectivity index (χ1v) is 16.0. The number of rotatable bonds is 10. The molecule has 5 aromatic rings. The van der Waals surface area contributed by atoms with E-state index in [9.17, 15) is 9.90 Å². The molecule has 1 aliphatic rings. The summed E-state index contributed by atoms with van der Waals surface area (Å²) in [4.78, 5) is 21.0. The van der Waals surface area contributed by atoms with E-state index in [0.717, 1.165) is 44.3 Å². The highest BCUT2D eigenvalue weighted by Crippen LogP contribution is 2.43. The first kappa shape index (κ1) is 30.7. The van der Waals surface area contributed by atoms with Crippen LogP contribution in [-0.2, 0) is 29.7 Å². The van der Waals surface area contributed by atoms with Crippen LogP contribution in [0.2, 0.25) is 0 Å². The van der Waals surface area contributed by atoms with Crippen molar-refractivity contribution in [3.63, 3.8) is 0 Å². The first-order chi connectivity index (χ1) is 22.0. The number of carbonyl (C=O) groups is 1. The van der Waals surface area contributed by atoms with E-state index >= 15 is 0 Å². The van der Waals surface area contributed by atoms with Gasteiger partial charge in [0.2, 0.25) is 0 Å². The number of nitrogens with one attached hydrogen (secondary N) is 1. The molecule has 2 N–H and O–H groups in total. The van der Waals surface area contributed by atoms with Crippen molar-refractivity contribution in [3.8, 4) is 11.1 Å². The highest BCUT2D eigenvalue weighted by molar-refractivity contribution is 7.99. The number of thioether (sulfide) groups is 1. The van der Waals surface area contributed by atoms with Gasteiger partial charge in [0.05, 0.1) is 24.4 Å². The zero-order valence-corrected chi connectivity index (χ0v) is 26.1. The van der Waals surface area contributed by atoms with E-state index in [4.69, 9.17) is 9.47 Å².